The van der Waals surface area contributed by atoms with Gasteiger partial charge in [-0.05, 0) is 38.1 Å². The van der Waals surface area contributed by atoms with Crippen molar-refractivity contribution in [3.8, 4) is 17.1 Å². The number of carboxylic acids is 1. The van der Waals surface area contributed by atoms with Gasteiger partial charge in [0.1, 0.15) is 5.75 Å². The Morgan fingerprint density at radius 3 is 2.57 bits per heavy atom. The zero-order valence-corrected chi connectivity index (χ0v) is 12.8. The molecule has 0 bridgehead atoms. The van der Waals surface area contributed by atoms with Crippen LogP contribution in [-0.2, 0) is 11.3 Å². The molecule has 7 heteroatoms. The van der Waals surface area contributed by atoms with Crippen LogP contribution in [-0.4, -0.2) is 38.2 Å². The highest BCUT2D eigenvalue weighted by Crippen LogP contribution is 2.25. The van der Waals surface area contributed by atoms with Crippen LogP contribution in [0.3, 0.4) is 0 Å². The van der Waals surface area contributed by atoms with Crippen LogP contribution in [0, 0.1) is 0 Å². The molecule has 0 amide bonds. The first-order chi connectivity index (χ1) is 10.2. The SMILES string of the molecule is CCOc1ccc(-c2nnc(SCC(=O)O)n2CC)cc1. The van der Waals surface area contributed by atoms with E-state index in [0.29, 0.717) is 18.3 Å². The van der Waals surface area contributed by atoms with Crippen molar-refractivity contribution in [3.63, 3.8) is 0 Å². The van der Waals surface area contributed by atoms with Gasteiger partial charge >= 0.3 is 5.97 Å². The molecule has 1 N–H and O–H groups in total. The fraction of sp³-hybridized carbons (Fsp3) is 0.357. The maximum absolute atomic E-state index is 10.7. The molecule has 6 nitrogen and oxygen atoms in total. The summed E-state index contributed by atoms with van der Waals surface area (Å²) in [5, 5.41) is 17.6. The van der Waals surface area contributed by atoms with Gasteiger partial charge in [-0.25, -0.2) is 0 Å². The lowest BCUT2D eigenvalue weighted by Gasteiger charge is -2.07. The van der Waals surface area contributed by atoms with Crippen molar-refractivity contribution < 1.29 is 14.6 Å². The number of rotatable bonds is 7. The predicted molar refractivity (Wildman–Crippen MR) is 80.7 cm³/mol. The molecule has 0 aliphatic carbocycles. The average Bonchev–Trinajstić information content (AvgIpc) is 2.89. The monoisotopic (exact) mass is 307 g/mol. The Balaban J connectivity index is 2.24. The molecule has 1 aromatic carbocycles. The van der Waals surface area contributed by atoms with Crippen LogP contribution in [0.15, 0.2) is 29.4 Å². The van der Waals surface area contributed by atoms with Crippen molar-refractivity contribution in [2.75, 3.05) is 12.4 Å². The van der Waals surface area contributed by atoms with Gasteiger partial charge in [-0.3, -0.25) is 4.79 Å². The summed E-state index contributed by atoms with van der Waals surface area (Å²) in [7, 11) is 0. The largest absolute Gasteiger partial charge is 0.494 e. The molecule has 0 saturated carbocycles. The minimum absolute atomic E-state index is 0.0264. The Labute approximate surface area is 127 Å². The van der Waals surface area contributed by atoms with Crippen LogP contribution in [0.4, 0.5) is 0 Å². The molecular formula is C14H17N3O3S. The van der Waals surface area contributed by atoms with Gasteiger partial charge in [-0.1, -0.05) is 11.8 Å². The first kappa shape index (κ1) is 15.4. The third-order valence-corrected chi connectivity index (χ3v) is 3.73. The fourth-order valence-corrected chi connectivity index (χ4v) is 2.61. The summed E-state index contributed by atoms with van der Waals surface area (Å²) in [6, 6.07) is 7.62. The average molecular weight is 307 g/mol. The zero-order chi connectivity index (χ0) is 15.2. The van der Waals surface area contributed by atoms with Crippen LogP contribution in [0.1, 0.15) is 13.8 Å². The molecule has 2 aromatic rings. The number of hydrogen-bond acceptors (Lipinski definition) is 5. The summed E-state index contributed by atoms with van der Waals surface area (Å²) >= 11 is 1.17. The molecule has 0 spiro atoms. The van der Waals surface area contributed by atoms with E-state index in [1.54, 1.807) is 0 Å². The lowest BCUT2D eigenvalue weighted by molar-refractivity contribution is -0.133. The van der Waals surface area contributed by atoms with E-state index in [1.807, 2.05) is 42.7 Å². The number of nitrogens with zero attached hydrogens (tertiary/aromatic N) is 3. The topological polar surface area (TPSA) is 77.2 Å². The van der Waals surface area contributed by atoms with Crippen molar-refractivity contribution in [2.24, 2.45) is 0 Å². The van der Waals surface area contributed by atoms with Gasteiger partial charge in [0.05, 0.1) is 12.4 Å². The predicted octanol–water partition coefficient (Wildman–Crippen LogP) is 2.54. The lowest BCUT2D eigenvalue weighted by Crippen LogP contribution is -2.03. The molecule has 112 valence electrons. The van der Waals surface area contributed by atoms with Crippen LogP contribution < -0.4 is 4.74 Å². The molecule has 21 heavy (non-hydrogen) atoms. The summed E-state index contributed by atoms with van der Waals surface area (Å²) in [4.78, 5) is 10.7. The molecule has 0 saturated heterocycles. The standard InChI is InChI=1S/C14H17N3O3S/c1-3-17-13(15-16-14(17)21-9-12(18)19)10-5-7-11(8-6-10)20-4-2/h5-8H,3-4,9H2,1-2H3,(H,18,19). The van der Waals surface area contributed by atoms with E-state index in [1.165, 1.54) is 11.8 Å². The molecule has 0 unspecified atom stereocenters. The Morgan fingerprint density at radius 1 is 1.29 bits per heavy atom. The molecular weight excluding hydrogens is 290 g/mol. The number of aliphatic carboxylic acids is 1. The van der Waals surface area contributed by atoms with E-state index < -0.39 is 5.97 Å². The van der Waals surface area contributed by atoms with E-state index in [9.17, 15) is 4.79 Å². The smallest absolute Gasteiger partial charge is 0.313 e. The number of ether oxygens (including phenoxy) is 1. The Bertz CT molecular complexity index is 610. The van der Waals surface area contributed by atoms with Gasteiger partial charge in [0.25, 0.3) is 0 Å². The van der Waals surface area contributed by atoms with E-state index in [0.717, 1.165) is 17.1 Å². The van der Waals surface area contributed by atoms with Gasteiger partial charge in [-0.2, -0.15) is 0 Å². The van der Waals surface area contributed by atoms with Gasteiger partial charge < -0.3 is 14.4 Å². The van der Waals surface area contributed by atoms with Gasteiger partial charge in [0, 0.05) is 12.1 Å². The fourth-order valence-electron chi connectivity index (χ4n) is 1.89. The molecule has 0 aliphatic rings. The van der Waals surface area contributed by atoms with Crippen molar-refractivity contribution in [1.82, 2.24) is 14.8 Å². The maximum Gasteiger partial charge on any atom is 0.313 e. The third-order valence-electron chi connectivity index (χ3n) is 2.78. The first-order valence-corrected chi connectivity index (χ1v) is 7.65. The number of hydrogen-bond donors (Lipinski definition) is 1. The van der Waals surface area contributed by atoms with Gasteiger partial charge in [0.15, 0.2) is 11.0 Å². The van der Waals surface area contributed by atoms with E-state index in [4.69, 9.17) is 9.84 Å². The molecule has 0 atom stereocenters. The highest BCUT2D eigenvalue weighted by Gasteiger charge is 2.14. The molecule has 1 aromatic heterocycles. The second-order valence-corrected chi connectivity index (χ2v) is 5.13. The zero-order valence-electron chi connectivity index (χ0n) is 11.9. The molecule has 2 rings (SSSR count). The van der Waals surface area contributed by atoms with E-state index in [2.05, 4.69) is 10.2 Å². The number of carboxylic acid groups (broad SMARTS) is 1. The highest BCUT2D eigenvalue weighted by atomic mass is 32.2. The summed E-state index contributed by atoms with van der Waals surface area (Å²) < 4.78 is 7.32. The normalized spacial score (nSPS) is 10.6. The minimum atomic E-state index is -0.867. The summed E-state index contributed by atoms with van der Waals surface area (Å²) in [5.41, 5.74) is 0.926. The minimum Gasteiger partial charge on any atom is -0.494 e. The number of carbonyl (C=O) groups is 1. The van der Waals surface area contributed by atoms with Crippen LogP contribution in [0.25, 0.3) is 11.4 Å². The van der Waals surface area contributed by atoms with Crippen LogP contribution in [0.5, 0.6) is 5.75 Å². The number of thioether (sulfide) groups is 1. The number of benzene rings is 1. The summed E-state index contributed by atoms with van der Waals surface area (Å²) in [5.74, 6) is 0.646. The maximum atomic E-state index is 10.7. The van der Waals surface area contributed by atoms with Crippen molar-refractivity contribution in [1.29, 1.82) is 0 Å². The summed E-state index contributed by atoms with van der Waals surface area (Å²) in [6.07, 6.45) is 0. The first-order valence-electron chi connectivity index (χ1n) is 6.66. The molecule has 1 heterocycles. The third kappa shape index (κ3) is 3.75. The quantitative estimate of drug-likeness (QED) is 0.792. The van der Waals surface area contributed by atoms with Gasteiger partial charge in [-0.15, -0.1) is 10.2 Å². The molecule has 0 radical (unpaired) electrons. The molecule has 0 fully saturated rings. The van der Waals surface area contributed by atoms with Gasteiger partial charge in [0.2, 0.25) is 0 Å². The Kier molecular flexibility index (Phi) is 5.21. The van der Waals surface area contributed by atoms with E-state index in [-0.39, 0.29) is 5.75 Å². The Morgan fingerprint density at radius 2 is 2.00 bits per heavy atom. The van der Waals surface area contributed by atoms with E-state index >= 15 is 0 Å². The second-order valence-electron chi connectivity index (χ2n) is 4.19. The van der Waals surface area contributed by atoms with Crippen molar-refractivity contribution in [3.05, 3.63) is 24.3 Å². The van der Waals surface area contributed by atoms with Crippen molar-refractivity contribution in [2.45, 2.75) is 25.5 Å². The van der Waals surface area contributed by atoms with Crippen LogP contribution in [0.2, 0.25) is 0 Å². The summed E-state index contributed by atoms with van der Waals surface area (Å²) in [6.45, 7) is 5.22. The highest BCUT2D eigenvalue weighted by molar-refractivity contribution is 7.99. The lowest BCUT2D eigenvalue weighted by atomic mass is 10.2. The van der Waals surface area contributed by atoms with Crippen molar-refractivity contribution >= 4 is 17.7 Å². The number of aromatic nitrogens is 3. The van der Waals surface area contributed by atoms with Crippen LogP contribution >= 0.6 is 11.8 Å². The second kappa shape index (κ2) is 7.12. The molecule has 0 aliphatic heterocycles. The Hall–Kier alpha value is -2.02.